The third-order valence-corrected chi connectivity index (χ3v) is 21.6. The van der Waals surface area contributed by atoms with Crippen LogP contribution in [0.15, 0.2) is 0 Å². The third-order valence-electron chi connectivity index (χ3n) is 19.5. The van der Waals surface area contributed by atoms with Gasteiger partial charge in [-0.15, -0.1) is 0 Å². The van der Waals surface area contributed by atoms with Crippen LogP contribution >= 0.6 is 0 Å². The molecule has 8 saturated heterocycles. The Labute approximate surface area is 685 Å². The lowest BCUT2D eigenvalue weighted by Crippen LogP contribution is -2.56. The first-order valence-electron chi connectivity index (χ1n) is 42.5. The summed E-state index contributed by atoms with van der Waals surface area (Å²) < 4.78 is 107. The van der Waals surface area contributed by atoms with Crippen molar-refractivity contribution in [2.75, 3.05) is 205 Å². The first-order valence-corrected chi connectivity index (χ1v) is 44.0. The summed E-state index contributed by atoms with van der Waals surface area (Å²) in [5, 5.41) is 20.0. The summed E-state index contributed by atoms with van der Waals surface area (Å²) in [5.41, 5.74) is 1.06. The molecular weight excluding hydrogens is 1480 g/mol. The summed E-state index contributed by atoms with van der Waals surface area (Å²) in [5.74, 6) is 1.14. The zero-order valence-electron chi connectivity index (χ0n) is 76.0. The van der Waals surface area contributed by atoms with Crippen LogP contribution in [0.3, 0.4) is 0 Å². The molecule has 0 radical (unpaired) electrons. The summed E-state index contributed by atoms with van der Waals surface area (Å²) in [4.78, 5) is 45.3. The Morgan fingerprint density at radius 1 is 0.487 bits per heavy atom. The van der Waals surface area contributed by atoms with E-state index in [0.717, 1.165) is 111 Å². The molecule has 3 amide bonds. The van der Waals surface area contributed by atoms with Crippen molar-refractivity contribution in [2.24, 2.45) is 11.3 Å². The number of ether oxygens (including phenoxy) is 8. The summed E-state index contributed by atoms with van der Waals surface area (Å²) in [6.45, 7) is 69.6. The molecule has 0 aromatic rings. The molecule has 8 aliphatic rings. The van der Waals surface area contributed by atoms with Crippen LogP contribution in [0.1, 0.15) is 224 Å². The predicted molar refractivity (Wildman–Crippen MR) is 450 cm³/mol. The molecule has 8 fully saturated rings. The molecule has 0 bridgehead atoms. The number of likely N-dealkylation sites (N-methyl/N-ethyl adjacent to an activating group) is 2. The van der Waals surface area contributed by atoms with Gasteiger partial charge in [0.05, 0.1) is 103 Å². The molecular formula is C83H168F3N13O13S. The highest BCUT2D eigenvalue weighted by atomic mass is 32.2. The summed E-state index contributed by atoms with van der Waals surface area (Å²) in [6.07, 6.45) is 6.57. The van der Waals surface area contributed by atoms with Crippen LogP contribution in [-0.2, 0) is 57.5 Å². The van der Waals surface area contributed by atoms with Crippen molar-refractivity contribution in [1.29, 1.82) is 0 Å². The van der Waals surface area contributed by atoms with Crippen LogP contribution < -0.4 is 31.9 Å². The Balaban J connectivity index is 0.000000450. The molecule has 26 nitrogen and oxygen atoms in total. The first-order chi connectivity index (χ1) is 52.1. The van der Waals surface area contributed by atoms with Crippen LogP contribution in [-0.4, -0.2) is 346 Å². The Bertz CT molecular complexity index is 2670. The van der Waals surface area contributed by atoms with Gasteiger partial charge in [-0.05, 0) is 222 Å². The molecule has 0 saturated carbocycles. The van der Waals surface area contributed by atoms with Gasteiger partial charge in [0, 0.05) is 144 Å². The van der Waals surface area contributed by atoms with Crippen molar-refractivity contribution in [3.8, 4) is 0 Å². The molecule has 6 atom stereocenters. The standard InChI is InChI=1S/C14H29N3O.C14H29NO.C13H26N2O2.C12H24N2O4S.C12H24N2O3.C10H19F3N2O.C8H17NO/c1-14(2,3)15-10-12-6-8-17(9-7-12)13(18)11-16(4)5;1-5-15-10-11-16-13(12-15)8-6-7-9-14(2,3)4;1-11(16)15-8-9-17-12(10-15)6-5-7-14-13(2,3)4;1-12(2,3)13-6-10-7-14(4-5-18-10)19(15,16)11-8-17-9-11;1-5-16-11(15)14-6-7-17-10(9-14)8-13-12(2,3)4;1-9(2,3)14-6-8-7-15(4-5-16-8)10(11,12)13;1-8(2,3)9-7-4-5-10-6-7/h12,15H,6-11H2,1-5H3;13H,5-12H2,1-4H3;12,14H,5-10H2,1-4H3;10-11,13H,4-9H2,1-3H3;10,13H,5-9H2,1-4H3;8,14H,4-7H2,1-3H3;7,9H,4-6H2,1-3H3. The Hall–Kier alpha value is -2.73. The molecule has 670 valence electrons. The van der Waals surface area contributed by atoms with Gasteiger partial charge in [-0.3, -0.25) is 14.5 Å². The highest BCUT2D eigenvalue weighted by molar-refractivity contribution is 7.89. The van der Waals surface area contributed by atoms with Gasteiger partial charge in [-0.2, -0.15) is 17.5 Å². The van der Waals surface area contributed by atoms with Gasteiger partial charge in [0.15, 0.2) is 0 Å². The second-order valence-electron chi connectivity index (χ2n) is 39.1. The van der Waals surface area contributed by atoms with Crippen LogP contribution in [0, 0.1) is 11.3 Å². The van der Waals surface area contributed by atoms with Crippen molar-refractivity contribution in [3.05, 3.63) is 0 Å². The number of nitrogens with one attached hydrogen (secondary N) is 6. The molecule has 113 heavy (non-hydrogen) atoms. The van der Waals surface area contributed by atoms with Crippen LogP contribution in [0.25, 0.3) is 0 Å². The quantitative estimate of drug-likeness (QED) is 0.0411. The van der Waals surface area contributed by atoms with E-state index >= 15 is 0 Å². The van der Waals surface area contributed by atoms with E-state index in [4.69, 9.17) is 37.9 Å². The van der Waals surface area contributed by atoms with Crippen LogP contribution in [0.4, 0.5) is 18.0 Å². The van der Waals surface area contributed by atoms with Crippen molar-refractivity contribution < 1.29 is 73.9 Å². The van der Waals surface area contributed by atoms with Crippen molar-refractivity contribution >= 4 is 27.9 Å². The zero-order chi connectivity index (χ0) is 85.7. The topological polar surface area (TPSA) is 254 Å². The summed E-state index contributed by atoms with van der Waals surface area (Å²) in [7, 11) is 0.673. The average molecular weight is 1650 g/mol. The van der Waals surface area contributed by atoms with Crippen LogP contribution in [0.2, 0.25) is 0 Å². The minimum absolute atomic E-state index is 0.00627. The highest BCUT2D eigenvalue weighted by Gasteiger charge is 2.42. The fourth-order valence-electron chi connectivity index (χ4n) is 12.9. The maximum absolute atomic E-state index is 12.4. The lowest BCUT2D eigenvalue weighted by atomic mass is 9.89. The summed E-state index contributed by atoms with van der Waals surface area (Å²) in [6, 6.07) is 0.583. The number of morpholine rings is 5. The number of likely N-dealkylation sites (tertiary alicyclic amines) is 1. The summed E-state index contributed by atoms with van der Waals surface area (Å²) >= 11 is 0. The molecule has 6 N–H and O–H groups in total. The van der Waals surface area contributed by atoms with E-state index in [2.05, 4.69) is 168 Å². The number of alkyl halides is 3. The van der Waals surface area contributed by atoms with E-state index in [-0.39, 0.29) is 94.4 Å². The highest BCUT2D eigenvalue weighted by Crippen LogP contribution is 2.26. The SMILES string of the molecule is CC(=O)N1CCOC(CCCNC(C)(C)C)C1.CC(C)(C)NC1CCOC1.CC(C)(C)NCC1CN(C(F)(F)F)CCO1.CC(C)(C)NCC1CN(S(=O)(=O)C2COC2)CCO1.CCN1CCOC(CCCCC(C)(C)C)C1.CCOC(=O)N1CCOC(CNC(C)(C)C)C1.CN(C)CC(=O)N1CCC(CNC(C)(C)C)CC1. The van der Waals surface area contributed by atoms with Gasteiger partial charge in [-0.25, -0.2) is 18.1 Å². The molecule has 8 rings (SSSR count). The minimum Gasteiger partial charge on any atom is -0.450 e. The number of hydrogen-bond donors (Lipinski definition) is 6. The second kappa shape index (κ2) is 51.8. The number of sulfonamides is 1. The molecule has 0 aliphatic carbocycles. The predicted octanol–water partition coefficient (Wildman–Crippen LogP) is 9.68. The molecule has 6 unspecified atom stereocenters. The molecule has 0 aromatic heterocycles. The maximum atomic E-state index is 12.4. The van der Waals surface area contributed by atoms with E-state index in [0.29, 0.717) is 114 Å². The Kier molecular flexibility index (Phi) is 48.7. The van der Waals surface area contributed by atoms with Gasteiger partial charge in [0.1, 0.15) is 5.25 Å². The molecule has 8 heterocycles. The molecule has 0 spiro atoms. The smallest absolute Gasteiger partial charge is 0.450 e. The number of nitrogens with zero attached hydrogens (tertiary/aromatic N) is 7. The molecule has 0 aromatic carbocycles. The van der Waals surface area contributed by atoms with Gasteiger partial charge < -0.3 is 89.4 Å². The number of amides is 3. The number of rotatable bonds is 23. The Morgan fingerprint density at radius 2 is 0.956 bits per heavy atom. The second-order valence-corrected chi connectivity index (χ2v) is 41.3. The minimum atomic E-state index is -4.25. The van der Waals surface area contributed by atoms with Crippen LogP contribution in [0.5, 0.6) is 0 Å². The largest absolute Gasteiger partial charge is 0.460 e. The fraction of sp³-hybridized carbons (Fsp3) is 0.964. The number of carbonyl (C=O) groups is 3. The maximum Gasteiger partial charge on any atom is 0.460 e. The van der Waals surface area contributed by atoms with E-state index in [1.165, 1.54) is 32.2 Å². The number of piperidine rings is 1. The van der Waals surface area contributed by atoms with Crippen molar-refractivity contribution in [2.45, 2.75) is 305 Å². The average Bonchev–Trinajstić information content (AvgIpc) is 1.09. The number of hydrogen-bond acceptors (Lipinski definition) is 22. The van der Waals surface area contributed by atoms with E-state index in [1.54, 1.807) is 16.1 Å². The third kappa shape index (κ3) is 52.8. The normalized spacial score (nSPS) is 23.3. The van der Waals surface area contributed by atoms with Gasteiger partial charge in [-0.1, -0.05) is 40.5 Å². The van der Waals surface area contributed by atoms with Gasteiger partial charge in [0.2, 0.25) is 21.8 Å². The van der Waals surface area contributed by atoms with E-state index < -0.39 is 22.4 Å². The van der Waals surface area contributed by atoms with Crippen molar-refractivity contribution in [1.82, 2.24) is 65.6 Å². The first kappa shape index (κ1) is 106. The number of halogens is 3. The van der Waals surface area contributed by atoms with Gasteiger partial charge >= 0.3 is 12.4 Å². The lowest BCUT2D eigenvalue weighted by molar-refractivity contribution is -0.266. The number of unbranched alkanes of at least 4 members (excludes halogenated alkanes) is 1. The van der Waals surface area contributed by atoms with Gasteiger partial charge in [0.25, 0.3) is 0 Å². The number of carbonyl (C=O) groups excluding carboxylic acids is 3. The zero-order valence-corrected chi connectivity index (χ0v) is 76.8. The molecule has 30 heteroatoms. The lowest BCUT2D eigenvalue weighted by Gasteiger charge is -2.37. The Morgan fingerprint density at radius 3 is 1.42 bits per heavy atom. The molecule has 8 aliphatic heterocycles. The fourth-order valence-corrected chi connectivity index (χ4v) is 14.6. The van der Waals surface area contributed by atoms with Crippen molar-refractivity contribution in [3.63, 3.8) is 0 Å². The monoisotopic (exact) mass is 1640 g/mol. The van der Waals surface area contributed by atoms with E-state index in [9.17, 15) is 36.0 Å². The van der Waals surface area contributed by atoms with E-state index in [1.807, 2.05) is 56.5 Å².